The van der Waals surface area contributed by atoms with E-state index in [-0.39, 0.29) is 11.6 Å². The molecule has 6 nitrogen and oxygen atoms in total. The van der Waals surface area contributed by atoms with Crippen molar-refractivity contribution in [2.45, 2.75) is 26.7 Å². The van der Waals surface area contributed by atoms with Crippen molar-refractivity contribution < 1.29 is 14.3 Å². The molecule has 1 aliphatic heterocycles. The van der Waals surface area contributed by atoms with Crippen molar-refractivity contribution in [2.75, 3.05) is 32.1 Å². The van der Waals surface area contributed by atoms with Crippen LogP contribution in [-0.4, -0.2) is 48.5 Å². The van der Waals surface area contributed by atoms with Gasteiger partial charge in [0.2, 0.25) is 5.91 Å². The summed E-state index contributed by atoms with van der Waals surface area (Å²) in [6, 6.07) is 5.76. The number of aryl methyl sites for hydroxylation is 1. The third-order valence-corrected chi connectivity index (χ3v) is 4.79. The highest BCUT2D eigenvalue weighted by atomic mass is 16.5. The SMILES string of the molecule is COC(=O)c1[nH]c2cccc(C)c2c1NC(=O)CN1CCCC(C)C1. The zero-order chi connectivity index (χ0) is 18.0. The quantitative estimate of drug-likeness (QED) is 0.837. The van der Waals surface area contributed by atoms with Gasteiger partial charge in [0, 0.05) is 17.4 Å². The van der Waals surface area contributed by atoms with Crippen LogP contribution < -0.4 is 5.32 Å². The first-order chi connectivity index (χ1) is 12.0. The van der Waals surface area contributed by atoms with Gasteiger partial charge in [-0.25, -0.2) is 4.79 Å². The van der Waals surface area contributed by atoms with Gasteiger partial charge in [-0.05, 0) is 43.9 Å². The van der Waals surface area contributed by atoms with Crippen LogP contribution in [0.2, 0.25) is 0 Å². The molecule has 0 aliphatic carbocycles. The van der Waals surface area contributed by atoms with E-state index >= 15 is 0 Å². The molecular weight excluding hydrogens is 318 g/mol. The summed E-state index contributed by atoms with van der Waals surface area (Å²) in [5.74, 6) is 0.0171. The van der Waals surface area contributed by atoms with Crippen molar-refractivity contribution in [1.29, 1.82) is 0 Å². The molecular formula is C19H25N3O3. The van der Waals surface area contributed by atoms with E-state index in [0.29, 0.717) is 18.2 Å². The van der Waals surface area contributed by atoms with Gasteiger partial charge in [-0.1, -0.05) is 19.1 Å². The maximum Gasteiger partial charge on any atom is 0.356 e. The first-order valence-electron chi connectivity index (χ1n) is 8.71. The maximum absolute atomic E-state index is 12.6. The molecule has 0 radical (unpaired) electrons. The second-order valence-electron chi connectivity index (χ2n) is 6.89. The van der Waals surface area contributed by atoms with Gasteiger partial charge in [0.15, 0.2) is 0 Å². The fourth-order valence-electron chi connectivity index (χ4n) is 3.62. The van der Waals surface area contributed by atoms with Gasteiger partial charge < -0.3 is 15.0 Å². The van der Waals surface area contributed by atoms with E-state index in [0.717, 1.165) is 36.0 Å². The number of aromatic nitrogens is 1. The zero-order valence-corrected chi connectivity index (χ0v) is 15.0. The molecule has 2 heterocycles. The molecule has 134 valence electrons. The number of methoxy groups -OCH3 is 1. The lowest BCUT2D eigenvalue weighted by Crippen LogP contribution is -2.39. The van der Waals surface area contributed by atoms with Crippen LogP contribution in [0, 0.1) is 12.8 Å². The van der Waals surface area contributed by atoms with Crippen molar-refractivity contribution >= 4 is 28.5 Å². The predicted molar refractivity (Wildman–Crippen MR) is 97.8 cm³/mol. The van der Waals surface area contributed by atoms with Crippen LogP contribution in [0.3, 0.4) is 0 Å². The minimum Gasteiger partial charge on any atom is -0.464 e. The Kier molecular flexibility index (Phi) is 5.08. The second-order valence-corrected chi connectivity index (χ2v) is 6.89. The number of fused-ring (bicyclic) bond motifs is 1. The van der Waals surface area contributed by atoms with Crippen LogP contribution in [0.15, 0.2) is 18.2 Å². The van der Waals surface area contributed by atoms with E-state index < -0.39 is 5.97 Å². The van der Waals surface area contributed by atoms with Crippen LogP contribution >= 0.6 is 0 Å². The predicted octanol–water partition coefficient (Wildman–Crippen LogP) is 2.93. The average molecular weight is 343 g/mol. The highest BCUT2D eigenvalue weighted by Gasteiger charge is 2.23. The number of amides is 1. The van der Waals surface area contributed by atoms with Crippen LogP contribution in [0.25, 0.3) is 10.9 Å². The van der Waals surface area contributed by atoms with Gasteiger partial charge in [0.1, 0.15) is 5.69 Å². The first kappa shape index (κ1) is 17.5. The highest BCUT2D eigenvalue weighted by Crippen LogP contribution is 2.31. The van der Waals surface area contributed by atoms with Gasteiger partial charge in [0.25, 0.3) is 0 Å². The third-order valence-electron chi connectivity index (χ3n) is 4.79. The molecule has 0 bridgehead atoms. The molecule has 1 aliphatic rings. The lowest BCUT2D eigenvalue weighted by molar-refractivity contribution is -0.117. The summed E-state index contributed by atoms with van der Waals surface area (Å²) in [7, 11) is 1.33. The Morgan fingerprint density at radius 2 is 2.20 bits per heavy atom. The minimum atomic E-state index is -0.488. The standard InChI is InChI=1S/C19H25N3O3/c1-12-6-5-9-22(10-12)11-15(23)21-17-16-13(2)7-4-8-14(16)20-18(17)19(24)25-3/h4,7-8,12,20H,5-6,9-11H2,1-3H3,(H,21,23). The van der Waals surface area contributed by atoms with Crippen LogP contribution in [-0.2, 0) is 9.53 Å². The Bertz CT molecular complexity index is 797. The first-order valence-corrected chi connectivity index (χ1v) is 8.71. The molecule has 3 rings (SSSR count). The molecule has 1 saturated heterocycles. The number of ether oxygens (including phenoxy) is 1. The van der Waals surface area contributed by atoms with Crippen molar-refractivity contribution in [3.8, 4) is 0 Å². The summed E-state index contributed by atoms with van der Waals surface area (Å²) in [5, 5.41) is 3.79. The van der Waals surface area contributed by atoms with Crippen LogP contribution in [0.1, 0.15) is 35.8 Å². The number of likely N-dealkylation sites (tertiary alicyclic amines) is 1. The number of hydrogen-bond donors (Lipinski definition) is 2. The van der Waals surface area contributed by atoms with Gasteiger partial charge >= 0.3 is 5.97 Å². The highest BCUT2D eigenvalue weighted by molar-refractivity contribution is 6.12. The number of benzene rings is 1. The molecule has 25 heavy (non-hydrogen) atoms. The molecule has 1 aromatic carbocycles. The van der Waals surface area contributed by atoms with Gasteiger partial charge in [-0.15, -0.1) is 0 Å². The Balaban J connectivity index is 1.86. The molecule has 2 N–H and O–H groups in total. The summed E-state index contributed by atoms with van der Waals surface area (Å²) < 4.78 is 4.86. The minimum absolute atomic E-state index is 0.108. The lowest BCUT2D eigenvalue weighted by atomic mass is 10.0. The monoisotopic (exact) mass is 343 g/mol. The Hall–Kier alpha value is -2.34. The average Bonchev–Trinajstić information content (AvgIpc) is 2.94. The fraction of sp³-hybridized carbons (Fsp3) is 0.474. The van der Waals surface area contributed by atoms with Crippen molar-refractivity contribution in [2.24, 2.45) is 5.92 Å². The summed E-state index contributed by atoms with van der Waals surface area (Å²) in [6.45, 7) is 6.38. The fourth-order valence-corrected chi connectivity index (χ4v) is 3.62. The molecule has 1 fully saturated rings. The van der Waals surface area contributed by atoms with E-state index in [2.05, 4.69) is 22.1 Å². The van der Waals surface area contributed by atoms with Crippen molar-refractivity contribution in [3.05, 3.63) is 29.5 Å². The number of hydrogen-bond acceptors (Lipinski definition) is 4. The van der Waals surface area contributed by atoms with Gasteiger partial charge in [-0.3, -0.25) is 9.69 Å². The van der Waals surface area contributed by atoms with Crippen molar-refractivity contribution in [3.63, 3.8) is 0 Å². The third kappa shape index (κ3) is 3.69. The molecule has 6 heteroatoms. The molecule has 1 aromatic heterocycles. The van der Waals surface area contributed by atoms with Crippen LogP contribution in [0.5, 0.6) is 0 Å². The summed E-state index contributed by atoms with van der Waals surface area (Å²) >= 11 is 0. The normalized spacial score (nSPS) is 18.3. The molecule has 1 atom stereocenters. The van der Waals surface area contributed by atoms with E-state index in [4.69, 9.17) is 4.74 Å². The number of piperidine rings is 1. The van der Waals surface area contributed by atoms with E-state index in [1.54, 1.807) is 0 Å². The number of nitrogens with zero attached hydrogens (tertiary/aromatic N) is 1. The molecule has 1 unspecified atom stereocenters. The number of nitrogens with one attached hydrogen (secondary N) is 2. The van der Waals surface area contributed by atoms with Crippen LogP contribution in [0.4, 0.5) is 5.69 Å². The smallest absolute Gasteiger partial charge is 0.356 e. The van der Waals surface area contributed by atoms with Gasteiger partial charge in [0.05, 0.1) is 19.3 Å². The number of aromatic amines is 1. The molecule has 1 amide bonds. The Morgan fingerprint density at radius 1 is 1.40 bits per heavy atom. The molecule has 2 aromatic rings. The number of carbonyl (C=O) groups excluding carboxylic acids is 2. The van der Waals surface area contributed by atoms with E-state index in [1.807, 2.05) is 25.1 Å². The zero-order valence-electron chi connectivity index (χ0n) is 15.0. The summed E-state index contributed by atoms with van der Waals surface area (Å²) in [6.07, 6.45) is 2.33. The number of carbonyl (C=O) groups is 2. The summed E-state index contributed by atoms with van der Waals surface area (Å²) in [4.78, 5) is 29.9. The topological polar surface area (TPSA) is 74.4 Å². The maximum atomic E-state index is 12.6. The number of rotatable bonds is 4. The summed E-state index contributed by atoms with van der Waals surface area (Å²) in [5.41, 5.74) is 2.59. The van der Waals surface area contributed by atoms with E-state index in [1.165, 1.54) is 13.5 Å². The molecule has 0 saturated carbocycles. The Morgan fingerprint density at radius 3 is 2.92 bits per heavy atom. The lowest BCUT2D eigenvalue weighted by Gasteiger charge is -2.30. The largest absolute Gasteiger partial charge is 0.464 e. The van der Waals surface area contributed by atoms with Gasteiger partial charge in [-0.2, -0.15) is 0 Å². The molecule has 0 spiro atoms. The Labute approximate surface area is 147 Å². The number of esters is 1. The van der Waals surface area contributed by atoms with Crippen molar-refractivity contribution in [1.82, 2.24) is 9.88 Å². The second kappa shape index (κ2) is 7.27. The number of H-pyrrole nitrogens is 1. The number of anilines is 1. The van der Waals surface area contributed by atoms with E-state index in [9.17, 15) is 9.59 Å².